The predicted octanol–water partition coefficient (Wildman–Crippen LogP) is 2.71. The van der Waals surface area contributed by atoms with Crippen LogP contribution in [0.4, 0.5) is 13.2 Å². The van der Waals surface area contributed by atoms with Gasteiger partial charge in [-0.3, -0.25) is 0 Å². The second kappa shape index (κ2) is 5.38. The molecule has 1 aromatic rings. The molecule has 0 amide bonds. The minimum absolute atomic E-state index is 0.180. The zero-order valence-corrected chi connectivity index (χ0v) is 10.6. The fraction of sp³-hybridized carbons (Fsp3) is 0.538. The maximum absolute atomic E-state index is 12.0. The van der Waals surface area contributed by atoms with E-state index in [0.717, 1.165) is 25.3 Å². The highest BCUT2D eigenvalue weighted by Gasteiger charge is 2.32. The van der Waals surface area contributed by atoms with Gasteiger partial charge in [-0.15, -0.1) is 13.2 Å². The molecular formula is C13H16F3NO2. The number of hydrogen-bond donors (Lipinski definition) is 1. The van der Waals surface area contributed by atoms with E-state index in [1.54, 1.807) is 12.1 Å². The highest BCUT2D eigenvalue weighted by Crippen LogP contribution is 2.25. The topological polar surface area (TPSA) is 30.5 Å². The van der Waals surface area contributed by atoms with Crippen LogP contribution in [0.2, 0.25) is 0 Å². The summed E-state index contributed by atoms with van der Waals surface area (Å²) < 4.78 is 44.9. The van der Waals surface area contributed by atoms with Gasteiger partial charge in [-0.1, -0.05) is 19.1 Å². The molecule has 1 fully saturated rings. The molecule has 0 spiro atoms. The molecule has 19 heavy (non-hydrogen) atoms. The smallest absolute Gasteiger partial charge is 0.406 e. The van der Waals surface area contributed by atoms with E-state index in [9.17, 15) is 13.2 Å². The Morgan fingerprint density at radius 1 is 1.26 bits per heavy atom. The summed E-state index contributed by atoms with van der Waals surface area (Å²) in [6.45, 7) is 5.07. The molecule has 0 saturated carbocycles. The first-order valence-corrected chi connectivity index (χ1v) is 6.00. The quantitative estimate of drug-likeness (QED) is 0.896. The molecule has 0 aliphatic carbocycles. The Morgan fingerprint density at radius 2 is 1.89 bits per heavy atom. The molecule has 0 radical (unpaired) electrons. The van der Waals surface area contributed by atoms with Crippen molar-refractivity contribution in [1.82, 2.24) is 5.32 Å². The van der Waals surface area contributed by atoms with Crippen LogP contribution in [0, 0.1) is 5.41 Å². The van der Waals surface area contributed by atoms with Crippen molar-refractivity contribution in [2.75, 3.05) is 19.8 Å². The van der Waals surface area contributed by atoms with E-state index in [-0.39, 0.29) is 11.2 Å². The lowest BCUT2D eigenvalue weighted by Gasteiger charge is -2.38. The summed E-state index contributed by atoms with van der Waals surface area (Å²) in [7, 11) is 0. The number of alkyl halides is 3. The van der Waals surface area contributed by atoms with E-state index < -0.39 is 6.36 Å². The molecule has 1 aliphatic rings. The summed E-state index contributed by atoms with van der Waals surface area (Å²) in [5, 5.41) is 3.27. The van der Waals surface area contributed by atoms with E-state index in [4.69, 9.17) is 4.74 Å². The number of halogens is 3. The lowest BCUT2D eigenvalue weighted by molar-refractivity contribution is -0.274. The first-order valence-electron chi connectivity index (χ1n) is 6.00. The molecule has 1 aliphatic heterocycles. The molecule has 3 nitrogen and oxygen atoms in total. The van der Waals surface area contributed by atoms with Gasteiger partial charge in [0.1, 0.15) is 5.75 Å². The van der Waals surface area contributed by atoms with Gasteiger partial charge in [-0.05, 0) is 17.7 Å². The number of nitrogens with one attached hydrogen (secondary N) is 1. The normalized spacial score (nSPS) is 17.9. The van der Waals surface area contributed by atoms with Crippen LogP contribution in [0.5, 0.6) is 5.75 Å². The van der Waals surface area contributed by atoms with E-state index in [1.165, 1.54) is 12.1 Å². The maximum Gasteiger partial charge on any atom is 0.573 e. The van der Waals surface area contributed by atoms with Gasteiger partial charge < -0.3 is 14.8 Å². The van der Waals surface area contributed by atoms with Crippen molar-refractivity contribution in [3.05, 3.63) is 29.8 Å². The zero-order chi connectivity index (χ0) is 13.9. The van der Waals surface area contributed by atoms with Crippen LogP contribution in [0.1, 0.15) is 12.5 Å². The Bertz CT molecular complexity index is 413. The van der Waals surface area contributed by atoms with Crippen molar-refractivity contribution in [2.24, 2.45) is 5.41 Å². The average molecular weight is 275 g/mol. The Kier molecular flexibility index (Phi) is 4.01. The van der Waals surface area contributed by atoms with Crippen molar-refractivity contribution in [1.29, 1.82) is 0 Å². The third-order valence-corrected chi connectivity index (χ3v) is 2.94. The van der Waals surface area contributed by atoms with Crippen LogP contribution in [-0.4, -0.2) is 26.1 Å². The summed E-state index contributed by atoms with van der Waals surface area (Å²) >= 11 is 0. The van der Waals surface area contributed by atoms with E-state index in [2.05, 4.69) is 17.0 Å². The minimum atomic E-state index is -4.64. The Balaban J connectivity index is 1.78. The lowest BCUT2D eigenvalue weighted by Crippen LogP contribution is -2.47. The SMILES string of the molecule is CC1(CNCc2ccc(OC(F)(F)F)cc2)COC1. The summed E-state index contributed by atoms with van der Waals surface area (Å²) in [5.41, 5.74) is 1.10. The molecule has 1 heterocycles. The fourth-order valence-corrected chi connectivity index (χ4v) is 1.87. The Morgan fingerprint density at radius 3 is 2.37 bits per heavy atom. The van der Waals surface area contributed by atoms with Crippen LogP contribution in [0.3, 0.4) is 0 Å². The van der Waals surface area contributed by atoms with Gasteiger partial charge in [-0.25, -0.2) is 0 Å². The maximum atomic E-state index is 12.0. The van der Waals surface area contributed by atoms with Crippen LogP contribution in [0.15, 0.2) is 24.3 Å². The van der Waals surface area contributed by atoms with Gasteiger partial charge in [0, 0.05) is 18.5 Å². The van der Waals surface area contributed by atoms with Gasteiger partial charge in [0.15, 0.2) is 0 Å². The molecule has 1 aromatic carbocycles. The molecule has 0 atom stereocenters. The van der Waals surface area contributed by atoms with Crippen LogP contribution >= 0.6 is 0 Å². The first kappa shape index (κ1) is 14.1. The minimum Gasteiger partial charge on any atom is -0.406 e. The lowest BCUT2D eigenvalue weighted by atomic mass is 9.89. The highest BCUT2D eigenvalue weighted by atomic mass is 19.4. The van der Waals surface area contributed by atoms with E-state index in [0.29, 0.717) is 6.54 Å². The standard InChI is InChI=1S/C13H16F3NO2/c1-12(8-18-9-12)7-17-6-10-2-4-11(5-3-10)19-13(14,15)16/h2-5,17H,6-9H2,1H3. The highest BCUT2D eigenvalue weighted by molar-refractivity contribution is 5.27. The average Bonchev–Trinajstić information content (AvgIpc) is 2.27. The molecule has 106 valence electrons. The van der Waals surface area contributed by atoms with Crippen molar-refractivity contribution in [2.45, 2.75) is 19.8 Å². The van der Waals surface area contributed by atoms with Gasteiger partial charge in [0.05, 0.1) is 13.2 Å². The van der Waals surface area contributed by atoms with E-state index >= 15 is 0 Å². The second-order valence-electron chi connectivity index (χ2n) is 5.10. The Labute approximate surface area is 109 Å². The number of hydrogen-bond acceptors (Lipinski definition) is 3. The number of rotatable bonds is 5. The Hall–Kier alpha value is -1.27. The van der Waals surface area contributed by atoms with Gasteiger partial charge in [0.2, 0.25) is 0 Å². The predicted molar refractivity (Wildman–Crippen MR) is 63.8 cm³/mol. The fourth-order valence-electron chi connectivity index (χ4n) is 1.87. The first-order chi connectivity index (χ1) is 8.86. The molecule has 1 saturated heterocycles. The van der Waals surface area contributed by atoms with Gasteiger partial charge >= 0.3 is 6.36 Å². The van der Waals surface area contributed by atoms with Gasteiger partial charge in [-0.2, -0.15) is 0 Å². The van der Waals surface area contributed by atoms with Gasteiger partial charge in [0.25, 0.3) is 0 Å². The molecule has 1 N–H and O–H groups in total. The number of benzene rings is 1. The summed E-state index contributed by atoms with van der Waals surface area (Å²) in [6, 6.07) is 5.87. The molecular weight excluding hydrogens is 259 g/mol. The van der Waals surface area contributed by atoms with E-state index in [1.807, 2.05) is 0 Å². The van der Waals surface area contributed by atoms with Crippen LogP contribution in [0.25, 0.3) is 0 Å². The monoisotopic (exact) mass is 275 g/mol. The summed E-state index contributed by atoms with van der Waals surface area (Å²) in [4.78, 5) is 0. The molecule has 0 unspecified atom stereocenters. The second-order valence-corrected chi connectivity index (χ2v) is 5.10. The summed E-state index contributed by atoms with van der Waals surface area (Å²) in [5.74, 6) is -0.199. The molecule has 0 bridgehead atoms. The molecule has 0 aromatic heterocycles. The third kappa shape index (κ3) is 4.40. The van der Waals surface area contributed by atoms with Crippen LogP contribution in [-0.2, 0) is 11.3 Å². The van der Waals surface area contributed by atoms with Crippen LogP contribution < -0.4 is 10.1 Å². The van der Waals surface area contributed by atoms with Crippen molar-refractivity contribution in [3.63, 3.8) is 0 Å². The van der Waals surface area contributed by atoms with Crippen molar-refractivity contribution < 1.29 is 22.6 Å². The van der Waals surface area contributed by atoms with Crippen molar-refractivity contribution >= 4 is 0 Å². The largest absolute Gasteiger partial charge is 0.573 e. The number of ether oxygens (including phenoxy) is 2. The van der Waals surface area contributed by atoms with Crippen molar-refractivity contribution in [3.8, 4) is 5.75 Å². The molecule has 6 heteroatoms. The third-order valence-electron chi connectivity index (χ3n) is 2.94. The zero-order valence-electron chi connectivity index (χ0n) is 10.6. The molecule has 2 rings (SSSR count). The summed E-state index contributed by atoms with van der Waals surface area (Å²) in [6.07, 6.45) is -4.64.